The summed E-state index contributed by atoms with van der Waals surface area (Å²) in [5.74, 6) is -1.76. The second-order valence-electron chi connectivity index (χ2n) is 6.35. The number of aryl methyl sites for hydroxylation is 1. The van der Waals surface area contributed by atoms with Crippen molar-refractivity contribution in [1.29, 1.82) is 0 Å². The molecule has 4 rings (SSSR count). The van der Waals surface area contributed by atoms with Crippen LogP contribution in [0.4, 0.5) is 14.5 Å². The van der Waals surface area contributed by atoms with E-state index >= 15 is 0 Å². The molecule has 0 aliphatic heterocycles. The van der Waals surface area contributed by atoms with Crippen LogP contribution in [0.25, 0.3) is 10.2 Å². The lowest BCUT2D eigenvalue weighted by molar-refractivity contribution is 0.101. The smallest absolute Gasteiger partial charge is 0.272 e. The lowest BCUT2D eigenvalue weighted by Crippen LogP contribution is -2.18. The summed E-state index contributed by atoms with van der Waals surface area (Å²) in [6.45, 7) is 2.53. The highest BCUT2D eigenvalue weighted by molar-refractivity contribution is 7.17. The highest BCUT2D eigenvalue weighted by Gasteiger charge is 2.18. The normalized spacial score (nSPS) is 11.1. The number of nitrogens with zero attached hydrogens (tertiary/aromatic N) is 1. The summed E-state index contributed by atoms with van der Waals surface area (Å²) in [7, 11) is 0. The summed E-state index contributed by atoms with van der Waals surface area (Å²) in [6.07, 6.45) is 0. The zero-order valence-electron chi connectivity index (χ0n) is 14.5. The number of hydrogen-bond acceptors (Lipinski definition) is 2. The second-order valence-corrected chi connectivity index (χ2v) is 7.30. The molecule has 3 nitrogen and oxygen atoms in total. The van der Waals surface area contributed by atoms with Crippen LogP contribution in [-0.4, -0.2) is 10.5 Å². The second kappa shape index (κ2) is 6.96. The molecule has 0 unspecified atom stereocenters. The standard InChI is InChI=1S/C21H16F2N2OS/c1-13-2-4-14(5-3-13)12-25-18-8-9-27-20(18)11-19(25)21(26)24-17-10-15(22)6-7-16(17)23/h2-11H,12H2,1H3,(H,24,26). The Hall–Kier alpha value is -2.99. The largest absolute Gasteiger partial charge is 0.331 e. The molecular formula is C21H16F2N2OS. The molecule has 0 saturated heterocycles. The van der Waals surface area contributed by atoms with E-state index in [-0.39, 0.29) is 5.69 Å². The number of rotatable bonds is 4. The van der Waals surface area contributed by atoms with Gasteiger partial charge < -0.3 is 9.88 Å². The maximum absolute atomic E-state index is 13.9. The molecule has 1 amide bonds. The number of thiophene rings is 1. The number of amides is 1. The molecule has 4 aromatic rings. The Balaban J connectivity index is 1.70. The van der Waals surface area contributed by atoms with Gasteiger partial charge in [0.2, 0.25) is 0 Å². The van der Waals surface area contributed by atoms with E-state index in [9.17, 15) is 13.6 Å². The van der Waals surface area contributed by atoms with E-state index < -0.39 is 17.5 Å². The van der Waals surface area contributed by atoms with Crippen molar-refractivity contribution in [2.24, 2.45) is 0 Å². The first-order chi connectivity index (χ1) is 13.0. The van der Waals surface area contributed by atoms with E-state index in [2.05, 4.69) is 5.32 Å². The van der Waals surface area contributed by atoms with Crippen molar-refractivity contribution in [1.82, 2.24) is 4.57 Å². The Kier molecular flexibility index (Phi) is 4.49. The zero-order valence-corrected chi connectivity index (χ0v) is 15.3. The fourth-order valence-electron chi connectivity index (χ4n) is 2.99. The predicted octanol–water partition coefficient (Wildman–Crippen LogP) is 5.59. The number of carbonyl (C=O) groups is 1. The van der Waals surface area contributed by atoms with Crippen molar-refractivity contribution in [2.45, 2.75) is 13.5 Å². The molecule has 0 radical (unpaired) electrons. The first-order valence-electron chi connectivity index (χ1n) is 8.40. The van der Waals surface area contributed by atoms with Gasteiger partial charge in [0, 0.05) is 12.6 Å². The summed E-state index contributed by atoms with van der Waals surface area (Å²) in [4.78, 5) is 12.8. The Labute approximate surface area is 158 Å². The molecule has 2 aromatic carbocycles. The molecular weight excluding hydrogens is 366 g/mol. The van der Waals surface area contributed by atoms with Crippen LogP contribution in [0.3, 0.4) is 0 Å². The van der Waals surface area contributed by atoms with Gasteiger partial charge in [0.25, 0.3) is 5.91 Å². The molecule has 0 atom stereocenters. The topological polar surface area (TPSA) is 34.0 Å². The van der Waals surface area contributed by atoms with Gasteiger partial charge in [-0.2, -0.15) is 0 Å². The first kappa shape index (κ1) is 17.4. The number of anilines is 1. The lowest BCUT2D eigenvalue weighted by atomic mass is 10.1. The van der Waals surface area contributed by atoms with Gasteiger partial charge >= 0.3 is 0 Å². The molecule has 6 heteroatoms. The van der Waals surface area contributed by atoms with Gasteiger partial charge in [0.05, 0.1) is 15.9 Å². The number of nitrogens with one attached hydrogen (secondary N) is 1. The van der Waals surface area contributed by atoms with E-state index in [0.717, 1.165) is 39.5 Å². The molecule has 0 fully saturated rings. The highest BCUT2D eigenvalue weighted by Crippen LogP contribution is 2.27. The maximum Gasteiger partial charge on any atom is 0.272 e. The van der Waals surface area contributed by atoms with E-state index in [0.29, 0.717) is 12.2 Å². The third-order valence-electron chi connectivity index (χ3n) is 4.39. The van der Waals surface area contributed by atoms with Crippen molar-refractivity contribution >= 4 is 33.1 Å². The van der Waals surface area contributed by atoms with Crippen LogP contribution >= 0.6 is 11.3 Å². The molecule has 2 aromatic heterocycles. The van der Waals surface area contributed by atoms with Gasteiger partial charge in [-0.05, 0) is 42.1 Å². The van der Waals surface area contributed by atoms with E-state index in [1.807, 2.05) is 47.2 Å². The van der Waals surface area contributed by atoms with Gasteiger partial charge in [-0.25, -0.2) is 8.78 Å². The van der Waals surface area contributed by atoms with Gasteiger partial charge in [0.1, 0.15) is 17.3 Å². The number of carbonyl (C=O) groups excluding carboxylic acids is 1. The monoisotopic (exact) mass is 382 g/mol. The molecule has 136 valence electrons. The summed E-state index contributed by atoms with van der Waals surface area (Å²) in [6, 6.07) is 14.8. The highest BCUT2D eigenvalue weighted by atomic mass is 32.1. The van der Waals surface area contributed by atoms with Crippen LogP contribution in [0.15, 0.2) is 60.0 Å². The average molecular weight is 382 g/mol. The molecule has 0 aliphatic rings. The molecule has 0 aliphatic carbocycles. The van der Waals surface area contributed by atoms with Crippen molar-refractivity contribution in [2.75, 3.05) is 5.32 Å². The van der Waals surface area contributed by atoms with Crippen LogP contribution in [0.5, 0.6) is 0 Å². The minimum Gasteiger partial charge on any atom is -0.331 e. The van der Waals surface area contributed by atoms with E-state index in [1.54, 1.807) is 6.07 Å². The zero-order chi connectivity index (χ0) is 19.0. The van der Waals surface area contributed by atoms with E-state index in [1.165, 1.54) is 11.3 Å². The third kappa shape index (κ3) is 3.48. The summed E-state index contributed by atoms with van der Waals surface area (Å²) in [5, 5.41) is 4.45. The predicted molar refractivity (Wildman–Crippen MR) is 104 cm³/mol. The van der Waals surface area contributed by atoms with Gasteiger partial charge in [-0.15, -0.1) is 11.3 Å². The Bertz CT molecular complexity index is 1130. The molecule has 2 heterocycles. The maximum atomic E-state index is 13.9. The number of hydrogen-bond donors (Lipinski definition) is 1. The van der Waals surface area contributed by atoms with Gasteiger partial charge in [0.15, 0.2) is 0 Å². The van der Waals surface area contributed by atoms with Crippen LogP contribution < -0.4 is 5.32 Å². The summed E-state index contributed by atoms with van der Waals surface area (Å²) in [5.41, 5.74) is 3.37. The molecule has 0 saturated carbocycles. The van der Waals surface area contributed by atoms with E-state index in [4.69, 9.17) is 0 Å². The van der Waals surface area contributed by atoms with Gasteiger partial charge in [-0.3, -0.25) is 4.79 Å². The fraction of sp³-hybridized carbons (Fsp3) is 0.0952. The SMILES string of the molecule is Cc1ccc(Cn2c(C(=O)Nc3cc(F)ccc3F)cc3sccc32)cc1. The van der Waals surface area contributed by atoms with Crippen molar-refractivity contribution in [3.63, 3.8) is 0 Å². The fourth-order valence-corrected chi connectivity index (χ4v) is 3.81. The summed E-state index contributed by atoms with van der Waals surface area (Å²) < 4.78 is 30.1. The van der Waals surface area contributed by atoms with Crippen LogP contribution in [0, 0.1) is 18.6 Å². The first-order valence-corrected chi connectivity index (χ1v) is 9.28. The van der Waals surface area contributed by atoms with Crippen molar-refractivity contribution in [3.05, 3.63) is 88.4 Å². The van der Waals surface area contributed by atoms with Crippen LogP contribution in [0.1, 0.15) is 21.6 Å². The summed E-state index contributed by atoms with van der Waals surface area (Å²) >= 11 is 1.53. The number of halogens is 2. The van der Waals surface area contributed by atoms with Crippen molar-refractivity contribution < 1.29 is 13.6 Å². The quantitative estimate of drug-likeness (QED) is 0.490. The molecule has 0 spiro atoms. The number of benzene rings is 2. The molecule has 27 heavy (non-hydrogen) atoms. The minimum atomic E-state index is -0.678. The van der Waals surface area contributed by atoms with Crippen molar-refractivity contribution in [3.8, 4) is 0 Å². The molecule has 0 bridgehead atoms. The van der Waals surface area contributed by atoms with Crippen LogP contribution in [-0.2, 0) is 6.54 Å². The lowest BCUT2D eigenvalue weighted by Gasteiger charge is -2.12. The third-order valence-corrected chi connectivity index (χ3v) is 5.25. The Morgan fingerprint density at radius 2 is 1.85 bits per heavy atom. The minimum absolute atomic E-state index is 0.175. The van der Waals surface area contributed by atoms with Crippen LogP contribution in [0.2, 0.25) is 0 Å². The Morgan fingerprint density at radius 1 is 1.07 bits per heavy atom. The number of fused-ring (bicyclic) bond motifs is 1. The van der Waals surface area contributed by atoms with Gasteiger partial charge in [-0.1, -0.05) is 29.8 Å². The average Bonchev–Trinajstić information content (AvgIpc) is 3.22. The Morgan fingerprint density at radius 3 is 2.63 bits per heavy atom. The number of aromatic nitrogens is 1. The molecule has 1 N–H and O–H groups in total.